The number of rotatable bonds is 7. The molecule has 9 heteroatoms. The Bertz CT molecular complexity index is 1250. The van der Waals surface area contributed by atoms with Crippen LogP contribution in [0, 0.1) is 12.7 Å². The molecule has 32 heavy (non-hydrogen) atoms. The number of aromatic nitrogens is 4. The minimum atomic E-state index is -0.416. The molecule has 164 valence electrons. The van der Waals surface area contributed by atoms with Crippen molar-refractivity contribution in [3.63, 3.8) is 0 Å². The quantitative estimate of drug-likeness (QED) is 0.390. The predicted molar refractivity (Wildman–Crippen MR) is 118 cm³/mol. The van der Waals surface area contributed by atoms with E-state index >= 15 is 0 Å². The van der Waals surface area contributed by atoms with Gasteiger partial charge in [-0.2, -0.15) is 5.10 Å². The summed E-state index contributed by atoms with van der Waals surface area (Å²) in [7, 11) is 0. The molecule has 2 aromatic carbocycles. The number of hydrogen-bond acceptors (Lipinski definition) is 5. The fourth-order valence-corrected chi connectivity index (χ4v) is 3.62. The van der Waals surface area contributed by atoms with E-state index in [9.17, 15) is 9.18 Å². The molecule has 0 bridgehead atoms. The predicted octanol–water partition coefficient (Wildman–Crippen LogP) is 5.08. The van der Waals surface area contributed by atoms with Crippen LogP contribution in [0.5, 0.6) is 0 Å². The summed E-state index contributed by atoms with van der Waals surface area (Å²) in [6.45, 7) is 4.32. The smallest absolute Gasteiger partial charge is 0.257 e. The standard InChI is InChI=1S/C23H21ClFN5O2/c1-3-12-29(14-21-27-28-22(32-21)16-8-4-5-9-18(16)24)23(31)17-13-26-30(15(17)2)20-11-7-6-10-19(20)25/h4-11,13H,3,12,14H2,1-2H3. The molecule has 0 N–H and O–H groups in total. The van der Waals surface area contributed by atoms with E-state index in [2.05, 4.69) is 15.3 Å². The van der Waals surface area contributed by atoms with Crippen molar-refractivity contribution in [3.8, 4) is 17.1 Å². The Kier molecular flexibility index (Phi) is 6.32. The Morgan fingerprint density at radius 1 is 1.16 bits per heavy atom. The molecule has 0 saturated carbocycles. The second kappa shape index (κ2) is 9.32. The zero-order valence-corrected chi connectivity index (χ0v) is 18.4. The van der Waals surface area contributed by atoms with Gasteiger partial charge in [-0.1, -0.05) is 42.8 Å². The van der Waals surface area contributed by atoms with Crippen LogP contribution in [0.2, 0.25) is 5.02 Å². The van der Waals surface area contributed by atoms with Crippen molar-refractivity contribution in [2.45, 2.75) is 26.8 Å². The van der Waals surface area contributed by atoms with E-state index < -0.39 is 5.82 Å². The third-order valence-electron chi connectivity index (χ3n) is 5.00. The second-order valence-corrected chi connectivity index (χ2v) is 7.62. The molecule has 0 atom stereocenters. The van der Waals surface area contributed by atoms with Crippen molar-refractivity contribution in [1.82, 2.24) is 24.9 Å². The molecule has 0 spiro atoms. The second-order valence-electron chi connectivity index (χ2n) is 7.21. The summed E-state index contributed by atoms with van der Waals surface area (Å²) in [4.78, 5) is 14.9. The zero-order valence-electron chi connectivity index (χ0n) is 17.6. The highest BCUT2D eigenvalue weighted by molar-refractivity contribution is 6.33. The van der Waals surface area contributed by atoms with Gasteiger partial charge in [0.1, 0.15) is 11.5 Å². The SMILES string of the molecule is CCCN(Cc1nnc(-c2ccccc2Cl)o1)C(=O)c1cnn(-c2ccccc2F)c1C. The highest BCUT2D eigenvalue weighted by atomic mass is 35.5. The molecular weight excluding hydrogens is 433 g/mol. The van der Waals surface area contributed by atoms with E-state index in [1.807, 2.05) is 19.1 Å². The van der Waals surface area contributed by atoms with Crippen molar-refractivity contribution in [1.29, 1.82) is 0 Å². The van der Waals surface area contributed by atoms with E-state index in [0.29, 0.717) is 34.3 Å². The van der Waals surface area contributed by atoms with Gasteiger partial charge in [0.15, 0.2) is 0 Å². The Morgan fingerprint density at radius 3 is 2.66 bits per heavy atom. The Hall–Kier alpha value is -3.52. The van der Waals surface area contributed by atoms with Gasteiger partial charge >= 0.3 is 0 Å². The summed E-state index contributed by atoms with van der Waals surface area (Å²) in [5.41, 5.74) is 1.84. The maximum absolute atomic E-state index is 14.2. The van der Waals surface area contributed by atoms with E-state index in [4.69, 9.17) is 16.0 Å². The number of hydrogen-bond donors (Lipinski definition) is 0. The molecule has 2 aromatic heterocycles. The largest absolute Gasteiger partial charge is 0.419 e. The molecule has 0 saturated heterocycles. The summed E-state index contributed by atoms with van der Waals surface area (Å²) in [6, 6.07) is 13.5. The minimum Gasteiger partial charge on any atom is -0.419 e. The average Bonchev–Trinajstić information content (AvgIpc) is 3.40. The van der Waals surface area contributed by atoms with Crippen LogP contribution < -0.4 is 0 Å². The van der Waals surface area contributed by atoms with Crippen LogP contribution in [0.4, 0.5) is 4.39 Å². The maximum Gasteiger partial charge on any atom is 0.257 e. The summed E-state index contributed by atoms with van der Waals surface area (Å²) >= 11 is 6.21. The van der Waals surface area contributed by atoms with Gasteiger partial charge < -0.3 is 9.32 Å². The first-order valence-corrected chi connectivity index (χ1v) is 10.5. The zero-order chi connectivity index (χ0) is 22.7. The minimum absolute atomic E-state index is 0.133. The van der Waals surface area contributed by atoms with Crippen LogP contribution in [-0.2, 0) is 6.54 Å². The third-order valence-corrected chi connectivity index (χ3v) is 5.33. The molecule has 0 aliphatic heterocycles. The number of halogens is 2. The van der Waals surface area contributed by atoms with Crippen molar-refractivity contribution >= 4 is 17.5 Å². The lowest BCUT2D eigenvalue weighted by atomic mass is 10.2. The molecule has 0 fully saturated rings. The average molecular weight is 454 g/mol. The molecule has 1 amide bonds. The molecule has 0 radical (unpaired) electrons. The van der Waals surface area contributed by atoms with Gasteiger partial charge in [0.05, 0.1) is 34.6 Å². The molecule has 2 heterocycles. The van der Waals surface area contributed by atoms with Crippen LogP contribution in [-0.4, -0.2) is 37.3 Å². The Labute approximate surface area is 189 Å². The molecule has 4 aromatic rings. The maximum atomic E-state index is 14.2. The van der Waals surface area contributed by atoms with Gasteiger partial charge in [-0.15, -0.1) is 10.2 Å². The van der Waals surface area contributed by atoms with Crippen LogP contribution in [0.15, 0.2) is 59.1 Å². The summed E-state index contributed by atoms with van der Waals surface area (Å²) in [5.74, 6) is -0.0792. The number of amides is 1. The normalized spacial score (nSPS) is 11.0. The fraction of sp³-hybridized carbons (Fsp3) is 0.217. The van der Waals surface area contributed by atoms with Gasteiger partial charge in [0, 0.05) is 6.54 Å². The first-order valence-electron chi connectivity index (χ1n) is 10.2. The number of carbonyl (C=O) groups is 1. The highest BCUT2D eigenvalue weighted by Gasteiger charge is 2.24. The van der Waals surface area contributed by atoms with E-state index in [1.165, 1.54) is 16.9 Å². The monoisotopic (exact) mass is 453 g/mol. The van der Waals surface area contributed by atoms with Crippen molar-refractivity contribution in [2.75, 3.05) is 6.54 Å². The highest BCUT2D eigenvalue weighted by Crippen LogP contribution is 2.27. The lowest BCUT2D eigenvalue weighted by molar-refractivity contribution is 0.0728. The molecular formula is C23H21ClFN5O2. The Morgan fingerprint density at radius 2 is 1.91 bits per heavy atom. The van der Waals surface area contributed by atoms with E-state index in [0.717, 1.165) is 6.42 Å². The number of para-hydroxylation sites is 1. The molecule has 4 rings (SSSR count). The summed E-state index contributed by atoms with van der Waals surface area (Å²) in [6.07, 6.45) is 2.19. The molecule has 0 unspecified atom stereocenters. The van der Waals surface area contributed by atoms with Gasteiger partial charge in [-0.25, -0.2) is 9.07 Å². The van der Waals surface area contributed by atoms with Crippen molar-refractivity contribution in [2.24, 2.45) is 0 Å². The van der Waals surface area contributed by atoms with Crippen LogP contribution >= 0.6 is 11.6 Å². The van der Waals surface area contributed by atoms with Gasteiger partial charge in [0.25, 0.3) is 5.91 Å². The van der Waals surface area contributed by atoms with Gasteiger partial charge in [0.2, 0.25) is 11.8 Å². The van der Waals surface area contributed by atoms with Crippen LogP contribution in [0.3, 0.4) is 0 Å². The van der Waals surface area contributed by atoms with E-state index in [1.54, 1.807) is 42.2 Å². The lowest BCUT2D eigenvalue weighted by Gasteiger charge is -2.20. The fourth-order valence-electron chi connectivity index (χ4n) is 3.40. The van der Waals surface area contributed by atoms with Gasteiger partial charge in [-0.3, -0.25) is 4.79 Å². The summed E-state index contributed by atoms with van der Waals surface area (Å²) in [5, 5.41) is 12.9. The molecule has 7 nitrogen and oxygen atoms in total. The number of nitrogens with zero attached hydrogens (tertiary/aromatic N) is 5. The lowest BCUT2D eigenvalue weighted by Crippen LogP contribution is -2.31. The number of carbonyl (C=O) groups excluding carboxylic acids is 1. The molecule has 0 aliphatic rings. The number of benzene rings is 2. The van der Waals surface area contributed by atoms with Gasteiger partial charge in [-0.05, 0) is 37.6 Å². The molecule has 0 aliphatic carbocycles. The van der Waals surface area contributed by atoms with Crippen molar-refractivity contribution in [3.05, 3.63) is 82.7 Å². The van der Waals surface area contributed by atoms with Crippen LogP contribution in [0.25, 0.3) is 17.1 Å². The first kappa shape index (κ1) is 21.7. The van der Waals surface area contributed by atoms with Crippen molar-refractivity contribution < 1.29 is 13.6 Å². The summed E-state index contributed by atoms with van der Waals surface area (Å²) < 4.78 is 21.4. The first-order chi connectivity index (χ1) is 15.5. The van der Waals surface area contributed by atoms with E-state index in [-0.39, 0.29) is 24.0 Å². The Balaban J connectivity index is 1.58. The third kappa shape index (κ3) is 4.27. The van der Waals surface area contributed by atoms with Crippen LogP contribution in [0.1, 0.15) is 35.3 Å². The topological polar surface area (TPSA) is 77.1 Å².